The minimum atomic E-state index is -0.289. The number of carbonyl (C=O) groups is 2. The monoisotopic (exact) mass is 387 g/mol. The van der Waals surface area contributed by atoms with Crippen LogP contribution in [-0.4, -0.2) is 71.0 Å². The zero-order valence-corrected chi connectivity index (χ0v) is 16.7. The van der Waals surface area contributed by atoms with Crippen LogP contribution in [0, 0.1) is 0 Å². The topological polar surface area (TPSA) is 87.7 Å². The van der Waals surface area contributed by atoms with Crippen LogP contribution >= 0.6 is 0 Å². The summed E-state index contributed by atoms with van der Waals surface area (Å²) in [6.45, 7) is 4.99. The molecule has 8 heteroatoms. The Labute approximate surface area is 165 Å². The summed E-state index contributed by atoms with van der Waals surface area (Å²) >= 11 is 0. The van der Waals surface area contributed by atoms with Crippen molar-refractivity contribution in [2.45, 2.75) is 57.6 Å². The number of nitrogens with one attached hydrogen (secondary N) is 1. The van der Waals surface area contributed by atoms with Crippen molar-refractivity contribution < 1.29 is 14.3 Å². The molecule has 0 bridgehead atoms. The van der Waals surface area contributed by atoms with Gasteiger partial charge in [-0.05, 0) is 32.1 Å². The molecular formula is C20H29N5O3. The number of nitrogens with zero attached hydrogens (tertiary/aromatic N) is 4. The predicted molar refractivity (Wildman–Crippen MR) is 104 cm³/mol. The van der Waals surface area contributed by atoms with Gasteiger partial charge in [0.25, 0.3) is 5.91 Å². The molecule has 4 heterocycles. The fourth-order valence-corrected chi connectivity index (χ4v) is 4.46. The molecule has 0 spiro atoms. The van der Waals surface area contributed by atoms with Gasteiger partial charge in [0.2, 0.25) is 5.91 Å². The van der Waals surface area contributed by atoms with E-state index in [1.807, 2.05) is 16.8 Å². The number of hydrogen-bond acceptors (Lipinski definition) is 6. The third-order valence-electron chi connectivity index (χ3n) is 6.14. The van der Waals surface area contributed by atoms with Crippen molar-refractivity contribution in [2.75, 3.05) is 38.6 Å². The maximum atomic E-state index is 12.8. The van der Waals surface area contributed by atoms with Gasteiger partial charge in [-0.2, -0.15) is 0 Å². The molecule has 1 aromatic rings. The first-order chi connectivity index (χ1) is 13.6. The molecule has 3 aliphatic rings. The standard InChI is InChI=1S/C20H29N5O3/c1-13(26)24-8-5-14(6-9-24)18-22-16-12-25(20(27)17-4-3-11-28-17)10-7-15(16)19(21-2)23-18/h14,17H,3-12H2,1-2H3,(H,21,22,23). The van der Waals surface area contributed by atoms with Crippen molar-refractivity contribution >= 4 is 17.6 Å². The lowest BCUT2D eigenvalue weighted by Crippen LogP contribution is -2.42. The Balaban J connectivity index is 1.53. The highest BCUT2D eigenvalue weighted by Crippen LogP contribution is 2.31. The number of likely N-dealkylation sites (tertiary alicyclic amines) is 1. The van der Waals surface area contributed by atoms with Gasteiger partial charge >= 0.3 is 0 Å². The molecular weight excluding hydrogens is 358 g/mol. The van der Waals surface area contributed by atoms with Crippen LogP contribution in [0.1, 0.15) is 55.6 Å². The quantitative estimate of drug-likeness (QED) is 0.841. The molecule has 0 aromatic carbocycles. The third kappa shape index (κ3) is 3.70. The summed E-state index contributed by atoms with van der Waals surface area (Å²) in [4.78, 5) is 37.8. The van der Waals surface area contributed by atoms with Gasteiger partial charge in [-0.15, -0.1) is 0 Å². The summed E-state index contributed by atoms with van der Waals surface area (Å²) in [7, 11) is 1.88. The van der Waals surface area contributed by atoms with Gasteiger partial charge < -0.3 is 19.9 Å². The van der Waals surface area contributed by atoms with Gasteiger partial charge in [0, 0.05) is 51.7 Å². The number of fused-ring (bicyclic) bond motifs is 1. The summed E-state index contributed by atoms with van der Waals surface area (Å²) in [5, 5.41) is 3.22. The molecule has 152 valence electrons. The first-order valence-corrected chi connectivity index (χ1v) is 10.3. The third-order valence-corrected chi connectivity index (χ3v) is 6.14. The molecule has 8 nitrogen and oxygen atoms in total. The second kappa shape index (κ2) is 8.03. The highest BCUT2D eigenvalue weighted by molar-refractivity contribution is 5.81. The van der Waals surface area contributed by atoms with E-state index in [0.29, 0.717) is 19.7 Å². The lowest BCUT2D eigenvalue weighted by molar-refractivity contribution is -0.142. The Morgan fingerprint density at radius 1 is 1.11 bits per heavy atom. The van der Waals surface area contributed by atoms with Crippen LogP contribution in [0.2, 0.25) is 0 Å². The molecule has 2 fully saturated rings. The molecule has 1 N–H and O–H groups in total. The fraction of sp³-hybridized carbons (Fsp3) is 0.700. The molecule has 1 aromatic heterocycles. The fourth-order valence-electron chi connectivity index (χ4n) is 4.46. The summed E-state index contributed by atoms with van der Waals surface area (Å²) in [5.74, 6) is 2.17. The summed E-state index contributed by atoms with van der Waals surface area (Å²) in [5.41, 5.74) is 2.06. The van der Waals surface area contributed by atoms with E-state index >= 15 is 0 Å². The number of rotatable bonds is 3. The van der Waals surface area contributed by atoms with E-state index in [1.165, 1.54) is 0 Å². The average Bonchev–Trinajstić information content (AvgIpc) is 3.26. The Morgan fingerprint density at radius 3 is 2.54 bits per heavy atom. The lowest BCUT2D eigenvalue weighted by atomic mass is 9.95. The number of hydrogen-bond donors (Lipinski definition) is 1. The minimum absolute atomic E-state index is 0.0871. The van der Waals surface area contributed by atoms with E-state index in [-0.39, 0.29) is 23.8 Å². The van der Waals surface area contributed by atoms with Gasteiger partial charge in [0.1, 0.15) is 17.7 Å². The first-order valence-electron chi connectivity index (χ1n) is 10.3. The number of aromatic nitrogens is 2. The molecule has 2 saturated heterocycles. The van der Waals surface area contributed by atoms with Crippen LogP contribution in [0.15, 0.2) is 0 Å². The Kier molecular flexibility index (Phi) is 5.48. The second-order valence-corrected chi connectivity index (χ2v) is 7.90. The van der Waals surface area contributed by atoms with E-state index in [1.54, 1.807) is 6.92 Å². The van der Waals surface area contributed by atoms with E-state index in [4.69, 9.17) is 14.7 Å². The van der Waals surface area contributed by atoms with Crippen molar-refractivity contribution in [1.82, 2.24) is 19.8 Å². The molecule has 4 rings (SSSR count). The zero-order valence-electron chi connectivity index (χ0n) is 16.7. The molecule has 28 heavy (non-hydrogen) atoms. The van der Waals surface area contributed by atoms with Crippen molar-refractivity contribution in [3.63, 3.8) is 0 Å². The maximum absolute atomic E-state index is 12.8. The van der Waals surface area contributed by atoms with E-state index in [0.717, 1.165) is 68.1 Å². The Morgan fingerprint density at radius 2 is 1.89 bits per heavy atom. The van der Waals surface area contributed by atoms with Crippen molar-refractivity contribution in [3.05, 3.63) is 17.1 Å². The Hall–Kier alpha value is -2.22. The number of ether oxygens (including phenoxy) is 1. The van der Waals surface area contributed by atoms with Gasteiger partial charge in [-0.3, -0.25) is 9.59 Å². The van der Waals surface area contributed by atoms with Gasteiger partial charge in [0.15, 0.2) is 0 Å². The van der Waals surface area contributed by atoms with Gasteiger partial charge in [-0.1, -0.05) is 0 Å². The lowest BCUT2D eigenvalue weighted by Gasteiger charge is -2.33. The molecule has 0 radical (unpaired) electrons. The predicted octanol–water partition coefficient (Wildman–Crippen LogP) is 1.31. The maximum Gasteiger partial charge on any atom is 0.252 e. The van der Waals surface area contributed by atoms with Crippen LogP contribution < -0.4 is 5.32 Å². The molecule has 0 aliphatic carbocycles. The number of amides is 2. The first kappa shape index (κ1) is 19.1. The van der Waals surface area contributed by atoms with E-state index in [9.17, 15) is 9.59 Å². The molecule has 2 amide bonds. The molecule has 1 atom stereocenters. The van der Waals surface area contributed by atoms with Crippen molar-refractivity contribution in [3.8, 4) is 0 Å². The van der Waals surface area contributed by atoms with Crippen LogP contribution in [0.3, 0.4) is 0 Å². The smallest absolute Gasteiger partial charge is 0.252 e. The SMILES string of the molecule is CNc1nc(C2CCN(C(C)=O)CC2)nc2c1CCN(C(=O)C1CCCO1)C2. The second-order valence-electron chi connectivity index (χ2n) is 7.90. The normalized spacial score (nSPS) is 22.9. The zero-order chi connectivity index (χ0) is 19.7. The highest BCUT2D eigenvalue weighted by atomic mass is 16.5. The van der Waals surface area contributed by atoms with Crippen molar-refractivity contribution in [1.29, 1.82) is 0 Å². The number of carbonyl (C=O) groups excluding carboxylic acids is 2. The molecule has 1 unspecified atom stereocenters. The number of anilines is 1. The van der Waals surface area contributed by atoms with Crippen LogP contribution in [0.5, 0.6) is 0 Å². The average molecular weight is 387 g/mol. The molecule has 3 aliphatic heterocycles. The number of piperidine rings is 1. The largest absolute Gasteiger partial charge is 0.373 e. The Bertz CT molecular complexity index is 754. The van der Waals surface area contributed by atoms with Crippen molar-refractivity contribution in [2.24, 2.45) is 0 Å². The minimum Gasteiger partial charge on any atom is -0.373 e. The summed E-state index contributed by atoms with van der Waals surface area (Å²) in [6.07, 6.45) is 3.99. The van der Waals surface area contributed by atoms with E-state index < -0.39 is 0 Å². The highest BCUT2D eigenvalue weighted by Gasteiger charge is 2.33. The van der Waals surface area contributed by atoms with Crippen LogP contribution in [-0.2, 0) is 27.3 Å². The van der Waals surface area contributed by atoms with Gasteiger partial charge in [0.05, 0.1) is 12.2 Å². The van der Waals surface area contributed by atoms with Gasteiger partial charge in [-0.25, -0.2) is 9.97 Å². The summed E-state index contributed by atoms with van der Waals surface area (Å²) in [6, 6.07) is 0. The van der Waals surface area contributed by atoms with E-state index in [2.05, 4.69) is 5.32 Å². The van der Waals surface area contributed by atoms with Crippen LogP contribution in [0.4, 0.5) is 5.82 Å². The van der Waals surface area contributed by atoms with Crippen LogP contribution in [0.25, 0.3) is 0 Å². The molecule has 0 saturated carbocycles. The summed E-state index contributed by atoms with van der Waals surface area (Å²) < 4.78 is 5.58.